The van der Waals surface area contributed by atoms with Crippen molar-refractivity contribution < 1.29 is 5.11 Å². The molecule has 1 aromatic carbocycles. The van der Waals surface area contributed by atoms with E-state index in [2.05, 4.69) is 28.3 Å². The van der Waals surface area contributed by atoms with Gasteiger partial charge in [0.1, 0.15) is 5.75 Å². The van der Waals surface area contributed by atoms with Crippen LogP contribution in [0.2, 0.25) is 0 Å². The molecule has 2 aromatic heterocycles. The van der Waals surface area contributed by atoms with Gasteiger partial charge < -0.3 is 9.67 Å². The Kier molecular flexibility index (Phi) is 1.94. The Bertz CT molecular complexity index is 739. The zero-order valence-electron chi connectivity index (χ0n) is 9.63. The highest BCUT2D eigenvalue weighted by Gasteiger charge is 2.23. The Hall–Kier alpha value is -2.00. The van der Waals surface area contributed by atoms with Crippen LogP contribution in [0.15, 0.2) is 48.0 Å². The largest absolute Gasteiger partial charge is 0.508 e. The van der Waals surface area contributed by atoms with Crippen molar-refractivity contribution in [2.75, 3.05) is 0 Å². The van der Waals surface area contributed by atoms with Crippen molar-refractivity contribution in [2.45, 2.75) is 6.42 Å². The van der Waals surface area contributed by atoms with Crippen molar-refractivity contribution in [3.63, 3.8) is 0 Å². The number of benzene rings is 1. The Morgan fingerprint density at radius 2 is 2.11 bits per heavy atom. The normalized spacial score (nSPS) is 12.4. The highest BCUT2D eigenvalue weighted by Crippen LogP contribution is 2.41. The second-order valence-corrected chi connectivity index (χ2v) is 5.48. The fraction of sp³-hybridized carbons (Fsp3) is 0.0667. The molecule has 0 aliphatic carbocycles. The van der Waals surface area contributed by atoms with Crippen LogP contribution in [-0.4, -0.2) is 9.67 Å². The molecule has 3 heterocycles. The van der Waals surface area contributed by atoms with Crippen LogP contribution in [0.4, 0.5) is 0 Å². The Labute approximate surface area is 109 Å². The molecule has 88 valence electrons. The summed E-state index contributed by atoms with van der Waals surface area (Å²) in [5.74, 6) is 0.318. The van der Waals surface area contributed by atoms with Gasteiger partial charge in [0.15, 0.2) is 0 Å². The van der Waals surface area contributed by atoms with Crippen LogP contribution in [0.25, 0.3) is 16.8 Å². The number of fused-ring (bicyclic) bond motifs is 3. The average molecular weight is 253 g/mol. The van der Waals surface area contributed by atoms with Crippen LogP contribution in [0.5, 0.6) is 5.75 Å². The maximum atomic E-state index is 9.61. The zero-order chi connectivity index (χ0) is 12.1. The van der Waals surface area contributed by atoms with Gasteiger partial charge >= 0.3 is 0 Å². The monoisotopic (exact) mass is 253 g/mol. The third-order valence-electron chi connectivity index (χ3n) is 3.41. The summed E-state index contributed by atoms with van der Waals surface area (Å²) in [7, 11) is 0. The summed E-state index contributed by atoms with van der Waals surface area (Å²) < 4.78 is 2.26. The van der Waals surface area contributed by atoms with Gasteiger partial charge in [-0.15, -0.1) is 11.3 Å². The van der Waals surface area contributed by atoms with Crippen LogP contribution in [0.1, 0.15) is 10.6 Å². The van der Waals surface area contributed by atoms with Crippen molar-refractivity contribution in [1.29, 1.82) is 0 Å². The smallest absolute Gasteiger partial charge is 0.116 e. The van der Waals surface area contributed by atoms with E-state index in [0.29, 0.717) is 5.75 Å². The van der Waals surface area contributed by atoms with Gasteiger partial charge in [-0.25, -0.2) is 0 Å². The third-order valence-corrected chi connectivity index (χ3v) is 4.39. The van der Waals surface area contributed by atoms with E-state index in [9.17, 15) is 5.11 Å². The molecule has 0 saturated heterocycles. The van der Waals surface area contributed by atoms with Crippen LogP contribution in [0, 0.1) is 0 Å². The molecule has 0 spiro atoms. The van der Waals surface area contributed by atoms with E-state index in [1.807, 2.05) is 18.2 Å². The molecule has 2 nitrogen and oxygen atoms in total. The average Bonchev–Trinajstić information content (AvgIpc) is 2.99. The van der Waals surface area contributed by atoms with E-state index in [1.165, 1.54) is 21.8 Å². The van der Waals surface area contributed by atoms with Crippen LogP contribution >= 0.6 is 11.3 Å². The Balaban J connectivity index is 1.96. The fourth-order valence-corrected chi connectivity index (χ4v) is 3.66. The summed E-state index contributed by atoms with van der Waals surface area (Å²) in [4.78, 5) is 1.41. The first-order valence-corrected chi connectivity index (χ1v) is 6.77. The predicted octanol–water partition coefficient (Wildman–Crippen LogP) is 3.82. The molecule has 0 saturated carbocycles. The molecule has 0 amide bonds. The summed E-state index contributed by atoms with van der Waals surface area (Å²) in [6, 6.07) is 11.7. The lowest BCUT2D eigenvalue weighted by atomic mass is 10.1. The van der Waals surface area contributed by atoms with Gasteiger partial charge in [0.05, 0.1) is 5.69 Å². The lowest BCUT2D eigenvalue weighted by Crippen LogP contribution is -1.90. The molecule has 0 fully saturated rings. The van der Waals surface area contributed by atoms with E-state index in [0.717, 1.165) is 12.0 Å². The molecular formula is C15H11NOS. The second kappa shape index (κ2) is 3.50. The summed E-state index contributed by atoms with van der Waals surface area (Å²) >= 11 is 1.80. The maximum Gasteiger partial charge on any atom is 0.116 e. The molecule has 1 aliphatic rings. The maximum absolute atomic E-state index is 9.61. The minimum Gasteiger partial charge on any atom is -0.508 e. The molecule has 0 atom stereocenters. The molecule has 1 aliphatic heterocycles. The molecule has 4 rings (SSSR count). The van der Waals surface area contributed by atoms with E-state index in [1.54, 1.807) is 17.4 Å². The first-order chi connectivity index (χ1) is 8.83. The fourth-order valence-electron chi connectivity index (χ4n) is 2.60. The third kappa shape index (κ3) is 1.28. The van der Waals surface area contributed by atoms with Gasteiger partial charge in [-0.3, -0.25) is 0 Å². The van der Waals surface area contributed by atoms with Gasteiger partial charge in [0.2, 0.25) is 0 Å². The first-order valence-electron chi connectivity index (χ1n) is 5.89. The van der Waals surface area contributed by atoms with Gasteiger partial charge in [-0.05, 0) is 29.8 Å². The summed E-state index contributed by atoms with van der Waals surface area (Å²) in [6.45, 7) is 0. The molecule has 0 bridgehead atoms. The van der Waals surface area contributed by atoms with Gasteiger partial charge in [0.25, 0.3) is 0 Å². The quantitative estimate of drug-likeness (QED) is 0.548. The summed E-state index contributed by atoms with van der Waals surface area (Å²) in [5.41, 5.74) is 4.92. The Morgan fingerprint density at radius 3 is 3.00 bits per heavy atom. The standard InChI is InChI=1S/C15H11NOS/c17-12-5-1-3-10(7-12)13-9-18-14-8-11-4-2-6-16(11)15(13)14/h1-7,9,17H,8H2. The number of phenolic OH excluding ortho intramolecular Hbond substituents is 1. The molecule has 3 aromatic rings. The SMILES string of the molecule is Oc1cccc(-c2csc3c2-n2cccc2C3)c1. The van der Waals surface area contributed by atoms with Crippen molar-refractivity contribution in [1.82, 2.24) is 4.57 Å². The number of rotatable bonds is 1. The van der Waals surface area contributed by atoms with E-state index < -0.39 is 0 Å². The summed E-state index contributed by atoms with van der Waals surface area (Å²) in [5, 5.41) is 11.8. The minimum absolute atomic E-state index is 0.318. The predicted molar refractivity (Wildman–Crippen MR) is 73.6 cm³/mol. The highest BCUT2D eigenvalue weighted by molar-refractivity contribution is 7.11. The van der Waals surface area contributed by atoms with Gasteiger partial charge in [-0.1, -0.05) is 12.1 Å². The lowest BCUT2D eigenvalue weighted by molar-refractivity contribution is 0.475. The van der Waals surface area contributed by atoms with Gasteiger partial charge in [-0.2, -0.15) is 0 Å². The molecule has 0 radical (unpaired) electrons. The number of aromatic nitrogens is 1. The minimum atomic E-state index is 0.318. The van der Waals surface area contributed by atoms with Crippen LogP contribution in [-0.2, 0) is 6.42 Å². The summed E-state index contributed by atoms with van der Waals surface area (Å²) in [6.07, 6.45) is 3.13. The van der Waals surface area contributed by atoms with Gasteiger partial charge in [0, 0.05) is 34.1 Å². The lowest BCUT2D eigenvalue weighted by Gasteiger charge is -2.05. The molecule has 18 heavy (non-hydrogen) atoms. The van der Waals surface area contributed by atoms with Crippen molar-refractivity contribution in [2.24, 2.45) is 0 Å². The van der Waals surface area contributed by atoms with Crippen molar-refractivity contribution >= 4 is 11.3 Å². The Morgan fingerprint density at radius 1 is 1.17 bits per heavy atom. The van der Waals surface area contributed by atoms with E-state index in [4.69, 9.17) is 0 Å². The van der Waals surface area contributed by atoms with E-state index in [-0.39, 0.29) is 0 Å². The molecule has 3 heteroatoms. The number of nitrogens with zero attached hydrogens (tertiary/aromatic N) is 1. The van der Waals surface area contributed by atoms with Crippen molar-refractivity contribution in [3.8, 4) is 22.6 Å². The van der Waals surface area contributed by atoms with E-state index >= 15 is 0 Å². The second-order valence-electron chi connectivity index (χ2n) is 4.52. The number of aromatic hydroxyl groups is 1. The number of hydrogen-bond donors (Lipinski definition) is 1. The number of phenols is 1. The molecule has 1 N–H and O–H groups in total. The van der Waals surface area contributed by atoms with Crippen molar-refractivity contribution in [3.05, 3.63) is 58.5 Å². The number of hydrogen-bond acceptors (Lipinski definition) is 2. The number of thiophene rings is 1. The van der Waals surface area contributed by atoms with Crippen LogP contribution < -0.4 is 0 Å². The zero-order valence-corrected chi connectivity index (χ0v) is 10.4. The molecular weight excluding hydrogens is 242 g/mol. The highest BCUT2D eigenvalue weighted by atomic mass is 32.1. The molecule has 0 unspecified atom stereocenters. The van der Waals surface area contributed by atoms with Crippen LogP contribution in [0.3, 0.4) is 0 Å². The first kappa shape index (κ1) is 9.97. The topological polar surface area (TPSA) is 25.2 Å².